The van der Waals surface area contributed by atoms with E-state index in [9.17, 15) is 13.2 Å². The van der Waals surface area contributed by atoms with Crippen LogP contribution in [0.1, 0.15) is 26.2 Å². The summed E-state index contributed by atoms with van der Waals surface area (Å²) in [4.78, 5) is 35.3. The molecule has 3 rings (SSSR count). The molecule has 0 aliphatic carbocycles. The third-order valence-corrected chi connectivity index (χ3v) is 7.85. The number of likely N-dealkylation sites (N-methyl/N-ethyl adjacent to an activating group) is 1. The predicted molar refractivity (Wildman–Crippen MR) is 127 cm³/mol. The summed E-state index contributed by atoms with van der Waals surface area (Å²) in [6.45, 7) is 8.10. The van der Waals surface area contributed by atoms with E-state index in [1.54, 1.807) is 0 Å². The lowest BCUT2D eigenvalue weighted by molar-refractivity contribution is -0.159. The Morgan fingerprint density at radius 3 is 2.03 bits per heavy atom. The molecular weight excluding hydrogens is 488 g/mol. The van der Waals surface area contributed by atoms with Crippen molar-refractivity contribution in [1.29, 1.82) is 0 Å². The fraction of sp³-hybridized carbons (Fsp3) is 0.571. The van der Waals surface area contributed by atoms with Gasteiger partial charge in [-0.25, -0.2) is 18.0 Å². The number of halogens is 1. The first kappa shape index (κ1) is 28.0. The summed E-state index contributed by atoms with van der Waals surface area (Å²) in [5.74, 6) is -3.83. The van der Waals surface area contributed by atoms with Crippen molar-refractivity contribution < 1.29 is 33.0 Å². The molecule has 13 heteroatoms. The second-order valence-electron chi connectivity index (χ2n) is 7.98. The van der Waals surface area contributed by atoms with Gasteiger partial charge in [0.2, 0.25) is 15.9 Å². The Balaban J connectivity index is 0.000000604. The van der Waals surface area contributed by atoms with Gasteiger partial charge in [0.25, 0.3) is 0 Å². The number of anilines is 1. The van der Waals surface area contributed by atoms with Crippen molar-refractivity contribution in [1.82, 2.24) is 14.1 Å². The fourth-order valence-electron chi connectivity index (χ4n) is 3.67. The lowest BCUT2D eigenvalue weighted by Crippen LogP contribution is -2.48. The molecule has 3 N–H and O–H groups in total. The number of piperidine rings is 1. The second-order valence-corrected chi connectivity index (χ2v) is 10.3. The third kappa shape index (κ3) is 8.20. The van der Waals surface area contributed by atoms with Crippen LogP contribution < -0.4 is 5.32 Å². The summed E-state index contributed by atoms with van der Waals surface area (Å²) in [6, 6.07) is 4.51. The lowest BCUT2D eigenvalue weighted by Gasteiger charge is -2.33. The molecule has 0 aromatic heterocycles. The van der Waals surface area contributed by atoms with Crippen molar-refractivity contribution >= 4 is 45.2 Å². The quantitative estimate of drug-likeness (QED) is 0.473. The molecule has 2 saturated heterocycles. The van der Waals surface area contributed by atoms with Gasteiger partial charge in [-0.3, -0.25) is 9.69 Å². The summed E-state index contributed by atoms with van der Waals surface area (Å²) >= 11 is 6.21. The van der Waals surface area contributed by atoms with Gasteiger partial charge in [0.15, 0.2) is 0 Å². The highest BCUT2D eigenvalue weighted by Gasteiger charge is 2.27. The van der Waals surface area contributed by atoms with Crippen LogP contribution in [-0.4, -0.2) is 103 Å². The first-order chi connectivity index (χ1) is 16.0. The minimum atomic E-state index is -3.57. The Hall–Kier alpha value is -2.25. The van der Waals surface area contributed by atoms with E-state index in [1.807, 2.05) is 0 Å². The number of carboxylic acid groups (broad SMARTS) is 2. The van der Waals surface area contributed by atoms with Crippen molar-refractivity contribution in [2.24, 2.45) is 0 Å². The van der Waals surface area contributed by atoms with Gasteiger partial charge < -0.3 is 20.4 Å². The zero-order chi connectivity index (χ0) is 25.3. The number of nitrogens with zero attached hydrogens (tertiary/aromatic N) is 3. The Morgan fingerprint density at radius 1 is 0.941 bits per heavy atom. The van der Waals surface area contributed by atoms with E-state index >= 15 is 0 Å². The molecule has 2 aliphatic heterocycles. The molecule has 190 valence electrons. The average molecular weight is 519 g/mol. The number of carboxylic acids is 2. The zero-order valence-corrected chi connectivity index (χ0v) is 20.6. The number of amides is 1. The van der Waals surface area contributed by atoms with E-state index in [2.05, 4.69) is 22.0 Å². The zero-order valence-electron chi connectivity index (χ0n) is 19.1. The number of carbonyl (C=O) groups is 3. The molecule has 1 aromatic rings. The predicted octanol–water partition coefficient (Wildman–Crippen LogP) is 1.25. The monoisotopic (exact) mass is 518 g/mol. The molecule has 2 fully saturated rings. The van der Waals surface area contributed by atoms with Crippen LogP contribution in [0.4, 0.5) is 5.69 Å². The van der Waals surface area contributed by atoms with E-state index < -0.39 is 22.0 Å². The maximum atomic E-state index is 12.9. The summed E-state index contributed by atoms with van der Waals surface area (Å²) < 4.78 is 27.3. The summed E-state index contributed by atoms with van der Waals surface area (Å²) in [7, 11) is -3.57. The van der Waals surface area contributed by atoms with Crippen LogP contribution in [0.3, 0.4) is 0 Å². The topological polar surface area (TPSA) is 148 Å². The fourth-order valence-corrected chi connectivity index (χ4v) is 5.38. The highest BCUT2D eigenvalue weighted by molar-refractivity contribution is 7.89. The maximum Gasteiger partial charge on any atom is 0.414 e. The van der Waals surface area contributed by atoms with Crippen molar-refractivity contribution in [3.8, 4) is 0 Å². The highest BCUT2D eigenvalue weighted by Crippen LogP contribution is 2.28. The van der Waals surface area contributed by atoms with Crippen LogP contribution >= 0.6 is 11.6 Å². The summed E-state index contributed by atoms with van der Waals surface area (Å²) in [6.07, 6.45) is 2.81. The van der Waals surface area contributed by atoms with Crippen molar-refractivity contribution in [2.75, 3.05) is 57.7 Å². The molecule has 0 atom stereocenters. The summed E-state index contributed by atoms with van der Waals surface area (Å²) in [5.41, 5.74) is 0.344. The maximum absolute atomic E-state index is 12.9. The van der Waals surface area contributed by atoms with E-state index in [4.69, 9.17) is 31.4 Å². The molecule has 2 heterocycles. The SMILES string of the molecule is CCN1CCN(CC(=O)Nc2cc(S(=O)(=O)N3CCCCC3)ccc2Cl)CC1.O=C(O)C(=O)O. The van der Waals surface area contributed by atoms with E-state index in [0.717, 1.165) is 52.0 Å². The molecule has 0 bridgehead atoms. The number of carbonyl (C=O) groups excluding carboxylic acids is 1. The number of hydrogen-bond acceptors (Lipinski definition) is 7. The number of aliphatic carboxylic acids is 2. The van der Waals surface area contributed by atoms with Gasteiger partial charge in [-0.05, 0) is 37.6 Å². The Labute approximate surface area is 204 Å². The van der Waals surface area contributed by atoms with Crippen molar-refractivity contribution in [3.63, 3.8) is 0 Å². The number of nitrogens with one attached hydrogen (secondary N) is 1. The van der Waals surface area contributed by atoms with Crippen LogP contribution in [0.5, 0.6) is 0 Å². The number of hydrogen-bond donors (Lipinski definition) is 3. The molecule has 1 amide bonds. The Bertz CT molecular complexity index is 963. The second kappa shape index (κ2) is 13.0. The van der Waals surface area contributed by atoms with Crippen molar-refractivity contribution in [3.05, 3.63) is 23.2 Å². The average Bonchev–Trinajstić information content (AvgIpc) is 2.81. The van der Waals surface area contributed by atoms with Crippen LogP contribution in [0.2, 0.25) is 5.02 Å². The first-order valence-electron chi connectivity index (χ1n) is 11.0. The van der Waals surface area contributed by atoms with E-state index in [1.165, 1.54) is 22.5 Å². The number of benzene rings is 1. The summed E-state index contributed by atoms with van der Waals surface area (Å²) in [5, 5.41) is 17.9. The normalized spacial score (nSPS) is 17.9. The van der Waals surface area contributed by atoms with Crippen molar-refractivity contribution in [2.45, 2.75) is 31.1 Å². The molecule has 2 aliphatic rings. The largest absolute Gasteiger partial charge is 0.473 e. The first-order valence-corrected chi connectivity index (χ1v) is 12.9. The Morgan fingerprint density at radius 2 is 1.50 bits per heavy atom. The number of rotatable bonds is 6. The van der Waals surface area contributed by atoms with Gasteiger partial charge in [-0.15, -0.1) is 0 Å². The molecule has 0 radical (unpaired) electrons. The van der Waals surface area contributed by atoms with Crippen LogP contribution in [0.15, 0.2) is 23.1 Å². The van der Waals surface area contributed by atoms with E-state index in [0.29, 0.717) is 23.8 Å². The molecule has 0 unspecified atom stereocenters. The van der Waals surface area contributed by atoms with Crippen LogP contribution in [0.25, 0.3) is 0 Å². The van der Waals surface area contributed by atoms with Crippen LogP contribution in [0, 0.1) is 0 Å². The third-order valence-electron chi connectivity index (χ3n) is 5.63. The van der Waals surface area contributed by atoms with Gasteiger partial charge in [-0.2, -0.15) is 4.31 Å². The van der Waals surface area contributed by atoms with Gasteiger partial charge in [0.1, 0.15) is 0 Å². The van der Waals surface area contributed by atoms with Gasteiger partial charge in [-0.1, -0.05) is 24.9 Å². The molecule has 11 nitrogen and oxygen atoms in total. The Kier molecular flexibility index (Phi) is 10.7. The van der Waals surface area contributed by atoms with E-state index in [-0.39, 0.29) is 17.3 Å². The smallest absolute Gasteiger partial charge is 0.414 e. The van der Waals surface area contributed by atoms with Gasteiger partial charge in [0.05, 0.1) is 22.2 Å². The molecule has 34 heavy (non-hydrogen) atoms. The molecular formula is C21H31ClN4O7S. The number of sulfonamides is 1. The minimum absolute atomic E-state index is 0.172. The molecule has 0 spiro atoms. The van der Waals surface area contributed by atoms with Gasteiger partial charge in [0, 0.05) is 39.3 Å². The van der Waals surface area contributed by atoms with Gasteiger partial charge >= 0.3 is 11.9 Å². The highest BCUT2D eigenvalue weighted by atomic mass is 35.5. The number of piperazine rings is 1. The lowest BCUT2D eigenvalue weighted by atomic mass is 10.2. The van der Waals surface area contributed by atoms with Crippen LogP contribution in [-0.2, 0) is 24.4 Å². The molecule has 1 aromatic carbocycles. The molecule has 0 saturated carbocycles. The minimum Gasteiger partial charge on any atom is -0.473 e. The standard InChI is InChI=1S/C19H29ClN4O3S.C2H2O4/c1-2-22-10-12-23(13-11-22)15-19(25)21-18-14-16(6-7-17(18)20)28(26,27)24-8-4-3-5-9-24;3-1(4)2(5)6/h6-7,14H,2-5,8-13,15H2,1H3,(H,21,25);(H,3,4)(H,5,6).